The molecule has 9 heteroatoms. The Balaban J connectivity index is 1.57. The lowest BCUT2D eigenvalue weighted by Crippen LogP contribution is -2.46. The van der Waals surface area contributed by atoms with Crippen LogP contribution in [0.3, 0.4) is 0 Å². The molecule has 1 heterocycles. The third kappa shape index (κ3) is 19.2. The highest BCUT2D eigenvalue weighted by molar-refractivity contribution is 7.15. The number of fused-ring (bicyclic) bond motifs is 1. The molecule has 3 amide bonds. The molecular formula is C40H60N4O4S. The van der Waals surface area contributed by atoms with Crippen LogP contribution in [-0.2, 0) is 27.2 Å². The van der Waals surface area contributed by atoms with Crippen molar-refractivity contribution >= 4 is 34.4 Å². The number of hydrogen-bond donors (Lipinski definition) is 2. The van der Waals surface area contributed by atoms with Crippen molar-refractivity contribution in [1.82, 2.24) is 15.2 Å². The minimum absolute atomic E-state index is 0.0504. The zero-order chi connectivity index (χ0) is 35.7. The smallest absolute Gasteiger partial charge is 0.410 e. The summed E-state index contributed by atoms with van der Waals surface area (Å²) in [5, 5.41) is 6.29. The first-order valence-electron chi connectivity index (χ1n) is 18.1. The van der Waals surface area contributed by atoms with Crippen LogP contribution in [0.4, 0.5) is 9.93 Å². The van der Waals surface area contributed by atoms with E-state index in [0.717, 1.165) is 68.4 Å². The van der Waals surface area contributed by atoms with Crippen LogP contribution >= 0.6 is 11.3 Å². The summed E-state index contributed by atoms with van der Waals surface area (Å²) in [4.78, 5) is 45.2. The van der Waals surface area contributed by atoms with Gasteiger partial charge in [0.05, 0.1) is 5.69 Å². The largest absolute Gasteiger partial charge is 0.444 e. The Kier molecular flexibility index (Phi) is 20.7. The summed E-state index contributed by atoms with van der Waals surface area (Å²) in [5.41, 5.74) is 0.444. The number of nitrogens with zero attached hydrogens (tertiary/aromatic N) is 2. The molecule has 0 spiro atoms. The van der Waals surface area contributed by atoms with Gasteiger partial charge in [-0.25, -0.2) is 9.78 Å². The quantitative estimate of drug-likeness (QED) is 0.125. The maximum atomic E-state index is 12.9. The van der Waals surface area contributed by atoms with Gasteiger partial charge in [0.2, 0.25) is 11.8 Å². The molecule has 1 aromatic heterocycles. The minimum Gasteiger partial charge on any atom is -0.444 e. The fourth-order valence-electron chi connectivity index (χ4n) is 5.10. The van der Waals surface area contributed by atoms with Crippen molar-refractivity contribution in [3.63, 3.8) is 0 Å². The van der Waals surface area contributed by atoms with Crippen LogP contribution < -0.4 is 10.6 Å². The zero-order valence-corrected chi connectivity index (χ0v) is 31.4. The van der Waals surface area contributed by atoms with Crippen LogP contribution in [0, 0.1) is 0 Å². The van der Waals surface area contributed by atoms with Crippen molar-refractivity contribution in [3.05, 3.63) is 83.5 Å². The average molecular weight is 693 g/mol. The van der Waals surface area contributed by atoms with Gasteiger partial charge in [0.15, 0.2) is 5.13 Å². The average Bonchev–Trinajstić information content (AvgIpc) is 3.45. The molecular weight excluding hydrogens is 633 g/mol. The van der Waals surface area contributed by atoms with E-state index in [9.17, 15) is 14.4 Å². The number of anilines is 1. The zero-order valence-electron chi connectivity index (χ0n) is 30.5. The normalized spacial score (nSPS) is 15.3. The molecule has 0 bridgehead atoms. The van der Waals surface area contributed by atoms with Crippen molar-refractivity contribution < 1.29 is 19.1 Å². The first kappa shape index (κ1) is 41.5. The third-order valence-electron chi connectivity index (χ3n) is 7.50. The first-order chi connectivity index (χ1) is 23.6. The van der Waals surface area contributed by atoms with Crippen molar-refractivity contribution in [2.24, 2.45) is 0 Å². The van der Waals surface area contributed by atoms with Gasteiger partial charge in [0, 0.05) is 43.3 Å². The molecule has 2 rings (SSSR count). The molecule has 0 radical (unpaired) electrons. The van der Waals surface area contributed by atoms with E-state index in [-0.39, 0.29) is 36.9 Å². The molecule has 0 aromatic carbocycles. The summed E-state index contributed by atoms with van der Waals surface area (Å²) in [6.07, 6.45) is 35.8. The molecule has 49 heavy (non-hydrogen) atoms. The maximum Gasteiger partial charge on any atom is 0.410 e. The molecule has 0 aliphatic heterocycles. The van der Waals surface area contributed by atoms with Gasteiger partial charge in [-0.2, -0.15) is 0 Å². The second kappa shape index (κ2) is 24.4. The summed E-state index contributed by atoms with van der Waals surface area (Å²) in [5.74, 6) is -0.244. The number of hydrogen-bond acceptors (Lipinski definition) is 6. The van der Waals surface area contributed by atoms with Crippen LogP contribution in [0.2, 0.25) is 0 Å². The number of ether oxygens (including phenoxy) is 1. The van der Waals surface area contributed by atoms with Gasteiger partial charge in [-0.05, 0) is 85.0 Å². The number of amides is 3. The first-order valence-corrected chi connectivity index (χ1v) is 18.9. The van der Waals surface area contributed by atoms with Crippen LogP contribution in [0.1, 0.15) is 116 Å². The van der Waals surface area contributed by atoms with Gasteiger partial charge >= 0.3 is 6.09 Å². The predicted molar refractivity (Wildman–Crippen MR) is 205 cm³/mol. The Morgan fingerprint density at radius 2 is 1.41 bits per heavy atom. The maximum absolute atomic E-state index is 12.9. The summed E-state index contributed by atoms with van der Waals surface area (Å²) in [6.45, 7) is 10.8. The molecule has 8 nitrogen and oxygen atoms in total. The number of aromatic nitrogens is 1. The fraction of sp³-hybridized carbons (Fsp3) is 0.550. The molecule has 2 N–H and O–H groups in total. The van der Waals surface area contributed by atoms with Crippen molar-refractivity contribution in [2.45, 2.75) is 130 Å². The van der Waals surface area contributed by atoms with E-state index in [1.165, 1.54) is 11.3 Å². The Hall–Kier alpha value is -3.72. The standard InChI is InChI=1S/C40H60N4O4S/c1-6-8-9-10-11-12-13-14-15-16-17-18-19-20-21-22-23-24-25-26-36(45)41-30-29-37(46)43-38-42-34-28-27-33(32-35(34)49-38)44(31-7-2)39(47)48-40(3,4)5/h8-9,11-12,14-15,17-18,20-21,23-24,33H,6-7,10,13,16,19,22,25-32H2,1-5H3,(H,41,45)(H,42,43,46)/b9-8-,12-11-,15-14-,18-17-,21-20-,24-23-/t33-/m1/s1. The SMILES string of the molecule is CC/C=C\C/C=C\C/C=C\C/C=C\C/C=C\C/C=C\CCC(=O)NCCC(=O)Nc1nc2c(s1)C[C@H](N(CCC)C(=O)OC(C)(C)C)CC2. The highest BCUT2D eigenvalue weighted by Crippen LogP contribution is 2.32. The number of aryl methyl sites for hydroxylation is 1. The number of rotatable bonds is 21. The molecule has 1 aliphatic carbocycles. The molecule has 270 valence electrons. The summed E-state index contributed by atoms with van der Waals surface area (Å²) < 4.78 is 5.66. The Labute approximate surface area is 299 Å². The summed E-state index contributed by atoms with van der Waals surface area (Å²) in [7, 11) is 0. The van der Waals surface area contributed by atoms with E-state index in [1.807, 2.05) is 31.7 Å². The van der Waals surface area contributed by atoms with Crippen LogP contribution in [-0.4, -0.2) is 52.5 Å². The Bertz CT molecular complexity index is 1320. The van der Waals surface area contributed by atoms with E-state index in [1.54, 1.807) is 0 Å². The fourth-order valence-corrected chi connectivity index (χ4v) is 6.20. The van der Waals surface area contributed by atoms with Gasteiger partial charge in [-0.3, -0.25) is 9.59 Å². The van der Waals surface area contributed by atoms with Crippen molar-refractivity contribution in [1.29, 1.82) is 0 Å². The minimum atomic E-state index is -0.542. The monoisotopic (exact) mass is 692 g/mol. The van der Waals surface area contributed by atoms with Gasteiger partial charge in [0.1, 0.15) is 5.60 Å². The van der Waals surface area contributed by atoms with Crippen LogP contribution in [0.5, 0.6) is 0 Å². The predicted octanol–water partition coefficient (Wildman–Crippen LogP) is 9.57. The lowest BCUT2D eigenvalue weighted by molar-refractivity contribution is -0.121. The second-order valence-corrected chi connectivity index (χ2v) is 14.1. The highest BCUT2D eigenvalue weighted by Gasteiger charge is 2.32. The third-order valence-corrected chi connectivity index (χ3v) is 8.54. The lowest BCUT2D eigenvalue weighted by Gasteiger charge is -2.35. The number of carbonyl (C=O) groups excluding carboxylic acids is 3. The molecule has 0 fully saturated rings. The van der Waals surface area contributed by atoms with E-state index in [2.05, 4.69) is 96.3 Å². The number of allylic oxidation sites excluding steroid dienone is 12. The Morgan fingerprint density at radius 1 is 0.837 bits per heavy atom. The number of thiazole rings is 1. The molecule has 0 saturated carbocycles. The van der Waals surface area contributed by atoms with E-state index in [0.29, 0.717) is 30.9 Å². The van der Waals surface area contributed by atoms with Gasteiger partial charge in [0.25, 0.3) is 0 Å². The van der Waals surface area contributed by atoms with Gasteiger partial charge in [-0.1, -0.05) is 86.8 Å². The van der Waals surface area contributed by atoms with E-state index < -0.39 is 5.60 Å². The van der Waals surface area contributed by atoms with Gasteiger partial charge in [-0.15, -0.1) is 11.3 Å². The molecule has 0 saturated heterocycles. The van der Waals surface area contributed by atoms with Crippen LogP contribution in [0.15, 0.2) is 72.9 Å². The second-order valence-electron chi connectivity index (χ2n) is 13.1. The topological polar surface area (TPSA) is 101 Å². The molecule has 1 aromatic rings. The number of carbonyl (C=O) groups is 3. The summed E-state index contributed by atoms with van der Waals surface area (Å²) in [6, 6.07) is 0.0504. The van der Waals surface area contributed by atoms with Crippen LogP contribution in [0.25, 0.3) is 0 Å². The van der Waals surface area contributed by atoms with E-state index in [4.69, 9.17) is 4.74 Å². The summed E-state index contributed by atoms with van der Waals surface area (Å²) >= 11 is 1.47. The lowest BCUT2D eigenvalue weighted by atomic mass is 9.96. The Morgan fingerprint density at radius 3 is 1.96 bits per heavy atom. The van der Waals surface area contributed by atoms with E-state index >= 15 is 0 Å². The molecule has 1 aliphatic rings. The molecule has 1 atom stereocenters. The van der Waals surface area contributed by atoms with Crippen molar-refractivity contribution in [3.8, 4) is 0 Å². The highest BCUT2D eigenvalue weighted by atomic mass is 32.1. The molecule has 0 unspecified atom stereocenters. The number of nitrogens with one attached hydrogen (secondary N) is 2. The van der Waals surface area contributed by atoms with Crippen molar-refractivity contribution in [2.75, 3.05) is 18.4 Å². The van der Waals surface area contributed by atoms with Gasteiger partial charge < -0.3 is 20.3 Å².